The molecule has 0 saturated carbocycles. The molecule has 8 N–H and O–H groups in total. The number of amides is 3. The van der Waals surface area contributed by atoms with Crippen molar-refractivity contribution in [3.63, 3.8) is 0 Å². The fourth-order valence-corrected chi connectivity index (χ4v) is 2.53. The van der Waals surface area contributed by atoms with Gasteiger partial charge in [-0.25, -0.2) is 4.98 Å². The molecule has 0 fully saturated rings. The summed E-state index contributed by atoms with van der Waals surface area (Å²) >= 11 is 0. The monoisotopic (exact) mass is 426 g/mol. The van der Waals surface area contributed by atoms with Gasteiger partial charge in [0.05, 0.1) is 18.5 Å². The number of rotatable bonds is 11. The lowest BCUT2D eigenvalue weighted by molar-refractivity contribution is -0.142. The van der Waals surface area contributed by atoms with E-state index in [2.05, 4.69) is 25.9 Å². The SMILES string of the molecule is CC(NC(=O)C(NC(=O)C(NC(=O)C(N)Cc1cnc[nH]1)C(C)C)C(C)O)C(=O)O. The van der Waals surface area contributed by atoms with Gasteiger partial charge < -0.3 is 36.9 Å². The van der Waals surface area contributed by atoms with Gasteiger partial charge in [-0.2, -0.15) is 0 Å². The molecule has 5 unspecified atom stereocenters. The van der Waals surface area contributed by atoms with E-state index in [1.165, 1.54) is 26.4 Å². The van der Waals surface area contributed by atoms with Crippen LogP contribution in [0.5, 0.6) is 0 Å². The number of nitrogens with two attached hydrogens (primary N) is 1. The molecule has 1 aromatic rings. The number of nitrogens with zero attached hydrogens (tertiary/aromatic N) is 1. The standard InChI is InChI=1S/C18H30N6O6/c1-8(2)13(23-15(26)12(19)5-11-6-20-7-21-11)16(27)24-14(10(4)25)17(28)22-9(3)18(29)30/h6-10,12-14,25H,5,19H2,1-4H3,(H,20,21)(H,22,28)(H,23,26)(H,24,27)(H,29,30). The highest BCUT2D eigenvalue weighted by molar-refractivity contribution is 5.94. The summed E-state index contributed by atoms with van der Waals surface area (Å²) in [5.41, 5.74) is 6.54. The van der Waals surface area contributed by atoms with E-state index in [-0.39, 0.29) is 12.3 Å². The molecular formula is C18H30N6O6. The van der Waals surface area contributed by atoms with Crippen molar-refractivity contribution in [2.75, 3.05) is 0 Å². The van der Waals surface area contributed by atoms with E-state index in [4.69, 9.17) is 10.8 Å². The molecule has 168 valence electrons. The third-order valence-electron chi connectivity index (χ3n) is 4.37. The first kappa shape index (κ1) is 25.0. The van der Waals surface area contributed by atoms with Gasteiger partial charge in [0.2, 0.25) is 17.7 Å². The molecule has 0 bridgehead atoms. The Morgan fingerprint density at radius 1 is 1.03 bits per heavy atom. The first-order valence-electron chi connectivity index (χ1n) is 9.48. The largest absolute Gasteiger partial charge is 0.480 e. The minimum absolute atomic E-state index is 0.185. The number of aliphatic hydroxyl groups excluding tert-OH is 1. The molecule has 12 heteroatoms. The fraction of sp³-hybridized carbons (Fsp3) is 0.611. The van der Waals surface area contributed by atoms with Crippen LogP contribution in [-0.2, 0) is 25.6 Å². The first-order valence-corrected chi connectivity index (χ1v) is 9.48. The summed E-state index contributed by atoms with van der Waals surface area (Å²) in [6.07, 6.45) is 1.87. The van der Waals surface area contributed by atoms with Crippen molar-refractivity contribution in [1.82, 2.24) is 25.9 Å². The Morgan fingerprint density at radius 3 is 2.07 bits per heavy atom. The number of hydrogen-bond acceptors (Lipinski definition) is 7. The van der Waals surface area contributed by atoms with Crippen molar-refractivity contribution in [1.29, 1.82) is 0 Å². The van der Waals surface area contributed by atoms with Crippen molar-refractivity contribution in [3.8, 4) is 0 Å². The van der Waals surface area contributed by atoms with Crippen LogP contribution in [0.3, 0.4) is 0 Å². The Balaban J connectivity index is 2.81. The Labute approximate surface area is 174 Å². The molecule has 1 aromatic heterocycles. The van der Waals surface area contributed by atoms with Gasteiger partial charge in [-0.1, -0.05) is 13.8 Å². The second-order valence-electron chi connectivity index (χ2n) is 7.41. The number of hydrogen-bond donors (Lipinski definition) is 7. The maximum atomic E-state index is 12.7. The maximum absolute atomic E-state index is 12.7. The molecule has 1 heterocycles. The Hall–Kier alpha value is -2.99. The van der Waals surface area contributed by atoms with Gasteiger partial charge in [-0.3, -0.25) is 19.2 Å². The summed E-state index contributed by atoms with van der Waals surface area (Å²) in [5.74, 6) is -3.77. The number of carboxylic acid groups (broad SMARTS) is 1. The molecule has 0 saturated heterocycles. The topological polar surface area (TPSA) is 200 Å². The number of imidazole rings is 1. The number of aromatic nitrogens is 2. The first-order chi connectivity index (χ1) is 13.9. The second-order valence-corrected chi connectivity index (χ2v) is 7.41. The fourth-order valence-electron chi connectivity index (χ4n) is 2.53. The number of carbonyl (C=O) groups excluding carboxylic acids is 3. The smallest absolute Gasteiger partial charge is 0.325 e. The van der Waals surface area contributed by atoms with Crippen molar-refractivity contribution in [2.45, 2.75) is 64.4 Å². The minimum atomic E-state index is -1.41. The number of carbonyl (C=O) groups is 4. The van der Waals surface area contributed by atoms with Crippen LogP contribution in [0.1, 0.15) is 33.4 Å². The van der Waals surface area contributed by atoms with Crippen molar-refractivity contribution >= 4 is 23.7 Å². The van der Waals surface area contributed by atoms with Crippen molar-refractivity contribution in [3.05, 3.63) is 18.2 Å². The van der Waals surface area contributed by atoms with Crippen LogP contribution in [0.15, 0.2) is 12.5 Å². The summed E-state index contributed by atoms with van der Waals surface area (Å²) in [4.78, 5) is 55.0. The highest BCUT2D eigenvalue weighted by Gasteiger charge is 2.33. The van der Waals surface area contributed by atoms with Gasteiger partial charge >= 0.3 is 5.97 Å². The van der Waals surface area contributed by atoms with Crippen LogP contribution >= 0.6 is 0 Å². The maximum Gasteiger partial charge on any atom is 0.325 e. The van der Waals surface area contributed by atoms with Crippen LogP contribution in [0.25, 0.3) is 0 Å². The zero-order chi connectivity index (χ0) is 23.0. The lowest BCUT2D eigenvalue weighted by Gasteiger charge is -2.27. The van der Waals surface area contributed by atoms with E-state index in [9.17, 15) is 24.3 Å². The molecule has 0 aromatic carbocycles. The molecule has 0 aliphatic carbocycles. The average Bonchev–Trinajstić information content (AvgIpc) is 3.15. The zero-order valence-electron chi connectivity index (χ0n) is 17.4. The zero-order valence-corrected chi connectivity index (χ0v) is 17.4. The molecule has 0 aliphatic rings. The van der Waals surface area contributed by atoms with E-state index in [0.29, 0.717) is 5.69 Å². The summed E-state index contributed by atoms with van der Waals surface area (Å²) in [6.45, 7) is 5.91. The number of aliphatic carboxylic acids is 1. The summed E-state index contributed by atoms with van der Waals surface area (Å²) in [7, 11) is 0. The van der Waals surface area contributed by atoms with Gasteiger partial charge in [0, 0.05) is 18.3 Å². The van der Waals surface area contributed by atoms with E-state index in [1.807, 2.05) is 0 Å². The van der Waals surface area contributed by atoms with Gasteiger partial charge in [0.25, 0.3) is 0 Å². The van der Waals surface area contributed by atoms with Gasteiger partial charge in [0.15, 0.2) is 0 Å². The molecular weight excluding hydrogens is 396 g/mol. The number of aliphatic hydroxyl groups is 1. The predicted octanol–water partition coefficient (Wildman–Crippen LogP) is -2.12. The number of carboxylic acids is 1. The van der Waals surface area contributed by atoms with Gasteiger partial charge in [0.1, 0.15) is 18.1 Å². The van der Waals surface area contributed by atoms with Crippen molar-refractivity contribution < 1.29 is 29.4 Å². The van der Waals surface area contributed by atoms with E-state index < -0.39 is 54.0 Å². The molecule has 30 heavy (non-hydrogen) atoms. The van der Waals surface area contributed by atoms with Crippen LogP contribution in [0.2, 0.25) is 0 Å². The average molecular weight is 426 g/mol. The minimum Gasteiger partial charge on any atom is -0.480 e. The molecule has 0 aliphatic heterocycles. The van der Waals surface area contributed by atoms with Crippen LogP contribution in [0, 0.1) is 5.92 Å². The molecule has 0 radical (unpaired) electrons. The Morgan fingerprint density at radius 2 is 1.60 bits per heavy atom. The number of aromatic amines is 1. The van der Waals surface area contributed by atoms with E-state index >= 15 is 0 Å². The van der Waals surface area contributed by atoms with Crippen LogP contribution in [0.4, 0.5) is 0 Å². The quantitative estimate of drug-likeness (QED) is 0.208. The lowest BCUT2D eigenvalue weighted by atomic mass is 10.0. The number of nitrogens with one attached hydrogen (secondary N) is 4. The normalized spacial score (nSPS) is 16.1. The summed E-state index contributed by atoms with van der Waals surface area (Å²) in [6, 6.07) is -4.59. The van der Waals surface area contributed by atoms with Crippen LogP contribution < -0.4 is 21.7 Å². The van der Waals surface area contributed by atoms with Crippen LogP contribution in [-0.4, -0.2) is 74.1 Å². The molecule has 5 atom stereocenters. The Kier molecular flexibility index (Phi) is 9.40. The lowest BCUT2D eigenvalue weighted by Crippen LogP contribution is -2.60. The van der Waals surface area contributed by atoms with E-state index in [0.717, 1.165) is 0 Å². The third kappa shape index (κ3) is 7.44. The highest BCUT2D eigenvalue weighted by atomic mass is 16.4. The second kappa shape index (κ2) is 11.3. The summed E-state index contributed by atoms with van der Waals surface area (Å²) in [5, 5.41) is 25.9. The Bertz CT molecular complexity index is 736. The van der Waals surface area contributed by atoms with Gasteiger partial charge in [-0.05, 0) is 19.8 Å². The highest BCUT2D eigenvalue weighted by Crippen LogP contribution is 2.06. The molecule has 1 rings (SSSR count). The molecule has 3 amide bonds. The predicted molar refractivity (Wildman–Crippen MR) is 106 cm³/mol. The third-order valence-corrected chi connectivity index (χ3v) is 4.37. The summed E-state index contributed by atoms with van der Waals surface area (Å²) < 4.78 is 0. The molecule has 0 spiro atoms. The number of H-pyrrole nitrogens is 1. The van der Waals surface area contributed by atoms with Crippen molar-refractivity contribution in [2.24, 2.45) is 11.7 Å². The van der Waals surface area contributed by atoms with Gasteiger partial charge in [-0.15, -0.1) is 0 Å². The van der Waals surface area contributed by atoms with E-state index in [1.54, 1.807) is 13.8 Å². The molecule has 12 nitrogen and oxygen atoms in total.